The van der Waals surface area contributed by atoms with Crippen LogP contribution < -0.4 is 16.1 Å². The van der Waals surface area contributed by atoms with Gasteiger partial charge in [0.1, 0.15) is 28.7 Å². The highest BCUT2D eigenvalue weighted by Gasteiger charge is 2.35. The summed E-state index contributed by atoms with van der Waals surface area (Å²) >= 11 is 0. The molecular formula is C20H13N3O6. The lowest BCUT2D eigenvalue weighted by Crippen LogP contribution is -2.21. The van der Waals surface area contributed by atoms with E-state index in [2.05, 4.69) is 0 Å². The van der Waals surface area contributed by atoms with Crippen LogP contribution in [0.1, 0.15) is 22.6 Å². The van der Waals surface area contributed by atoms with Crippen LogP contribution in [0.15, 0.2) is 57.1 Å². The fraction of sp³-hybridized carbons (Fsp3) is 0.100. The summed E-state index contributed by atoms with van der Waals surface area (Å²) in [6.45, 7) is 1.64. The van der Waals surface area contributed by atoms with Gasteiger partial charge in [0.15, 0.2) is 0 Å². The Morgan fingerprint density at radius 1 is 1.28 bits per heavy atom. The molecule has 2 heterocycles. The van der Waals surface area contributed by atoms with Gasteiger partial charge in [-0.15, -0.1) is 0 Å². The summed E-state index contributed by atoms with van der Waals surface area (Å²) in [5.74, 6) is -1.02. The predicted molar refractivity (Wildman–Crippen MR) is 101 cm³/mol. The number of aryl methyl sites for hydroxylation is 1. The van der Waals surface area contributed by atoms with Crippen LogP contribution in [0.2, 0.25) is 0 Å². The molecule has 29 heavy (non-hydrogen) atoms. The third-order valence-electron chi connectivity index (χ3n) is 4.81. The van der Waals surface area contributed by atoms with Crippen molar-refractivity contribution in [3.8, 4) is 17.6 Å². The topological polar surface area (TPSA) is 153 Å². The van der Waals surface area contributed by atoms with E-state index in [1.54, 1.807) is 6.92 Å². The molecule has 0 spiro atoms. The van der Waals surface area contributed by atoms with Gasteiger partial charge >= 0.3 is 5.63 Å². The van der Waals surface area contributed by atoms with Crippen LogP contribution >= 0.6 is 0 Å². The van der Waals surface area contributed by atoms with Gasteiger partial charge in [0.05, 0.1) is 21.8 Å². The zero-order chi connectivity index (χ0) is 20.9. The maximum Gasteiger partial charge on any atom is 0.336 e. The molecule has 9 nitrogen and oxygen atoms in total. The fourth-order valence-electron chi connectivity index (χ4n) is 3.56. The minimum atomic E-state index is -0.808. The standard InChI is InChI=1S/C20H13N3O6/c1-9-6-15(25)29-19-16(9)13(24)7-14-18(19)17(12(8-21)20(22)28-14)10-2-4-11(5-3-10)23(26)27/h2-7,17,24H,22H2,1H3. The van der Waals surface area contributed by atoms with Gasteiger partial charge in [0.25, 0.3) is 5.69 Å². The monoisotopic (exact) mass is 391 g/mol. The van der Waals surface area contributed by atoms with Crippen molar-refractivity contribution in [2.45, 2.75) is 12.8 Å². The predicted octanol–water partition coefficient (Wildman–Crippen LogP) is 2.93. The molecule has 3 N–H and O–H groups in total. The Bertz CT molecular complexity index is 1320. The van der Waals surface area contributed by atoms with E-state index in [1.807, 2.05) is 6.07 Å². The van der Waals surface area contributed by atoms with Crippen molar-refractivity contribution in [2.75, 3.05) is 0 Å². The number of nitro benzene ring substituents is 1. The third-order valence-corrected chi connectivity index (χ3v) is 4.81. The van der Waals surface area contributed by atoms with Crippen LogP contribution in [0, 0.1) is 28.4 Å². The van der Waals surface area contributed by atoms with E-state index in [0.717, 1.165) is 0 Å². The number of hydrogen-bond donors (Lipinski definition) is 2. The number of rotatable bonds is 2. The number of ether oxygens (including phenoxy) is 1. The van der Waals surface area contributed by atoms with Crippen molar-refractivity contribution in [1.29, 1.82) is 5.26 Å². The zero-order valence-corrected chi connectivity index (χ0v) is 15.0. The molecule has 9 heteroatoms. The number of nitriles is 1. The fourth-order valence-corrected chi connectivity index (χ4v) is 3.56. The second-order valence-corrected chi connectivity index (χ2v) is 6.53. The average Bonchev–Trinajstić information content (AvgIpc) is 2.66. The van der Waals surface area contributed by atoms with Gasteiger partial charge in [0.2, 0.25) is 5.88 Å². The van der Waals surface area contributed by atoms with Crippen molar-refractivity contribution in [3.63, 3.8) is 0 Å². The molecule has 3 aromatic rings. The van der Waals surface area contributed by atoms with E-state index < -0.39 is 16.5 Å². The SMILES string of the molecule is Cc1cc(=O)oc2c3c(cc(O)c12)OC(N)=C(C#N)C3c1ccc([N+](=O)[O-])cc1. The average molecular weight is 391 g/mol. The maximum atomic E-state index is 12.0. The van der Waals surface area contributed by atoms with E-state index in [-0.39, 0.29) is 34.2 Å². The Labute approximate surface area is 163 Å². The van der Waals surface area contributed by atoms with E-state index in [4.69, 9.17) is 14.9 Å². The molecule has 0 aliphatic carbocycles. The van der Waals surface area contributed by atoms with Crippen LogP contribution in [0.3, 0.4) is 0 Å². The maximum absolute atomic E-state index is 12.0. The molecule has 0 radical (unpaired) electrons. The molecule has 1 aromatic heterocycles. The number of hydrogen-bond acceptors (Lipinski definition) is 8. The van der Waals surface area contributed by atoms with Gasteiger partial charge in [-0.2, -0.15) is 5.26 Å². The van der Waals surface area contributed by atoms with Crippen LogP contribution in [-0.2, 0) is 0 Å². The van der Waals surface area contributed by atoms with Crippen LogP contribution in [0.5, 0.6) is 11.5 Å². The number of fused-ring (bicyclic) bond motifs is 3. The summed E-state index contributed by atoms with van der Waals surface area (Å²) in [6.07, 6.45) is 0. The highest BCUT2D eigenvalue weighted by atomic mass is 16.6. The molecule has 1 aliphatic heterocycles. The largest absolute Gasteiger partial charge is 0.507 e. The van der Waals surface area contributed by atoms with Crippen molar-refractivity contribution >= 4 is 16.7 Å². The second kappa shape index (κ2) is 6.38. The summed E-state index contributed by atoms with van der Waals surface area (Å²) in [4.78, 5) is 22.5. The summed E-state index contributed by atoms with van der Waals surface area (Å²) in [7, 11) is 0. The molecule has 0 amide bonds. The Morgan fingerprint density at radius 2 is 1.97 bits per heavy atom. The van der Waals surface area contributed by atoms with E-state index in [1.165, 1.54) is 36.4 Å². The molecular weight excluding hydrogens is 378 g/mol. The van der Waals surface area contributed by atoms with Crippen LogP contribution in [-0.4, -0.2) is 10.0 Å². The van der Waals surface area contributed by atoms with Gasteiger partial charge in [-0.3, -0.25) is 10.1 Å². The number of nitrogens with zero attached hydrogens (tertiary/aromatic N) is 2. The Kier molecular flexibility index (Phi) is 3.98. The Morgan fingerprint density at radius 3 is 2.59 bits per heavy atom. The molecule has 1 aliphatic rings. The van der Waals surface area contributed by atoms with Crippen molar-refractivity contribution < 1.29 is 19.2 Å². The lowest BCUT2D eigenvalue weighted by atomic mass is 9.82. The van der Waals surface area contributed by atoms with Crippen molar-refractivity contribution in [2.24, 2.45) is 5.73 Å². The highest BCUT2D eigenvalue weighted by Crippen LogP contribution is 2.48. The van der Waals surface area contributed by atoms with Gasteiger partial charge in [-0.25, -0.2) is 4.79 Å². The smallest absolute Gasteiger partial charge is 0.336 e. The normalized spacial score (nSPS) is 15.5. The van der Waals surface area contributed by atoms with E-state index >= 15 is 0 Å². The molecule has 0 saturated carbocycles. The van der Waals surface area contributed by atoms with E-state index in [0.29, 0.717) is 22.1 Å². The molecule has 2 aromatic carbocycles. The number of phenolic OH excluding ortho intramolecular Hbond substituents is 1. The highest BCUT2D eigenvalue weighted by molar-refractivity contribution is 5.92. The summed E-state index contributed by atoms with van der Waals surface area (Å²) in [6, 6.07) is 10.2. The minimum Gasteiger partial charge on any atom is -0.507 e. The first-order valence-electron chi connectivity index (χ1n) is 8.44. The first-order chi connectivity index (χ1) is 13.8. The Hall–Kier alpha value is -4.32. The number of nitrogens with two attached hydrogens (primary N) is 1. The van der Waals surface area contributed by atoms with E-state index in [9.17, 15) is 25.3 Å². The second-order valence-electron chi connectivity index (χ2n) is 6.53. The molecule has 0 fully saturated rings. The van der Waals surface area contributed by atoms with Gasteiger partial charge < -0.3 is 20.0 Å². The van der Waals surface area contributed by atoms with Crippen LogP contribution in [0.25, 0.3) is 11.0 Å². The molecule has 1 unspecified atom stereocenters. The molecule has 0 bridgehead atoms. The molecule has 0 saturated heterocycles. The summed E-state index contributed by atoms with van der Waals surface area (Å²) < 4.78 is 10.9. The number of nitro groups is 1. The molecule has 1 atom stereocenters. The summed E-state index contributed by atoms with van der Waals surface area (Å²) in [5, 5.41) is 31.4. The number of phenols is 1. The lowest BCUT2D eigenvalue weighted by molar-refractivity contribution is -0.384. The quantitative estimate of drug-likeness (QED) is 0.384. The number of benzene rings is 2. The Balaban J connectivity index is 2.08. The zero-order valence-electron chi connectivity index (χ0n) is 15.0. The summed E-state index contributed by atoms with van der Waals surface area (Å²) in [5.41, 5.74) is 6.62. The van der Waals surface area contributed by atoms with Crippen molar-refractivity contribution in [1.82, 2.24) is 0 Å². The van der Waals surface area contributed by atoms with Crippen LogP contribution in [0.4, 0.5) is 5.69 Å². The molecule has 144 valence electrons. The van der Waals surface area contributed by atoms with Gasteiger partial charge in [0, 0.05) is 24.3 Å². The lowest BCUT2D eigenvalue weighted by Gasteiger charge is -2.27. The number of non-ortho nitro benzene ring substituents is 1. The minimum absolute atomic E-state index is 0.0579. The molecule has 4 rings (SSSR count). The first kappa shape index (κ1) is 18.1. The number of allylic oxidation sites excluding steroid dienone is 1. The van der Waals surface area contributed by atoms with Gasteiger partial charge in [-0.1, -0.05) is 12.1 Å². The first-order valence-corrected chi connectivity index (χ1v) is 8.44. The van der Waals surface area contributed by atoms with Crippen molar-refractivity contribution in [3.05, 3.63) is 85.1 Å². The number of aromatic hydroxyl groups is 1. The van der Waals surface area contributed by atoms with Gasteiger partial charge in [-0.05, 0) is 18.1 Å². The third kappa shape index (κ3) is 2.74.